The number of nitrogens with one attached hydrogen (secondary N) is 1. The topological polar surface area (TPSA) is 34.2 Å². The van der Waals surface area contributed by atoms with E-state index in [2.05, 4.69) is 49.3 Å². The van der Waals surface area contributed by atoms with Gasteiger partial charge in [-0.15, -0.1) is 0 Å². The number of pyridine rings is 1. The van der Waals surface area contributed by atoms with Crippen LogP contribution in [-0.2, 0) is 0 Å². The molecule has 0 aliphatic heterocycles. The molecule has 2 rings (SSSR count). The van der Waals surface area contributed by atoms with Gasteiger partial charge in [-0.1, -0.05) is 0 Å². The van der Waals surface area contributed by atoms with E-state index >= 15 is 0 Å². The number of benzene rings is 1. The molecular weight excluding hydrogens is 236 g/mol. The second-order valence-corrected chi connectivity index (χ2v) is 4.60. The first-order valence-corrected chi connectivity index (χ1v) is 6.51. The fourth-order valence-electron chi connectivity index (χ4n) is 2.18. The predicted octanol–water partition coefficient (Wildman–Crippen LogP) is 3.81. The fraction of sp³-hybridized carbons (Fsp3) is 0.312. The van der Waals surface area contributed by atoms with Crippen LogP contribution in [0.5, 0.6) is 5.75 Å². The zero-order valence-electron chi connectivity index (χ0n) is 11.9. The summed E-state index contributed by atoms with van der Waals surface area (Å²) in [4.78, 5) is 4.47. The van der Waals surface area contributed by atoms with Crippen LogP contribution in [0.1, 0.15) is 18.1 Å². The highest BCUT2D eigenvalue weighted by Crippen LogP contribution is 2.29. The van der Waals surface area contributed by atoms with Crippen LogP contribution in [0, 0.1) is 13.8 Å². The Morgan fingerprint density at radius 2 is 1.95 bits per heavy atom. The average molecular weight is 256 g/mol. The molecule has 0 saturated heterocycles. The number of ether oxygens (including phenoxy) is 1. The summed E-state index contributed by atoms with van der Waals surface area (Å²) in [6.45, 7) is 7.13. The van der Waals surface area contributed by atoms with Crippen molar-refractivity contribution in [3.05, 3.63) is 41.6 Å². The summed E-state index contributed by atoms with van der Waals surface area (Å²) in [5, 5.41) is 3.31. The van der Waals surface area contributed by atoms with Gasteiger partial charge in [0.1, 0.15) is 5.75 Å². The van der Waals surface area contributed by atoms with Crippen LogP contribution in [0.25, 0.3) is 11.3 Å². The van der Waals surface area contributed by atoms with E-state index in [0.717, 1.165) is 34.8 Å². The quantitative estimate of drug-likeness (QED) is 0.903. The Hall–Kier alpha value is -2.03. The van der Waals surface area contributed by atoms with Crippen LogP contribution in [0.15, 0.2) is 30.5 Å². The van der Waals surface area contributed by atoms with Gasteiger partial charge in [0.2, 0.25) is 0 Å². The highest BCUT2D eigenvalue weighted by molar-refractivity contribution is 5.69. The number of aryl methyl sites for hydroxylation is 2. The van der Waals surface area contributed by atoms with Crippen molar-refractivity contribution in [2.45, 2.75) is 20.8 Å². The predicted molar refractivity (Wildman–Crippen MR) is 79.9 cm³/mol. The molecule has 3 nitrogen and oxygen atoms in total. The van der Waals surface area contributed by atoms with Crippen molar-refractivity contribution in [2.75, 3.05) is 19.0 Å². The monoisotopic (exact) mass is 256 g/mol. The second-order valence-electron chi connectivity index (χ2n) is 4.60. The Morgan fingerprint density at radius 1 is 1.16 bits per heavy atom. The van der Waals surface area contributed by atoms with E-state index in [9.17, 15) is 0 Å². The number of hydrogen-bond acceptors (Lipinski definition) is 3. The smallest absolute Gasteiger partial charge is 0.122 e. The van der Waals surface area contributed by atoms with E-state index < -0.39 is 0 Å². The SMILES string of the molecule is CCNc1ccnc(-c2cc(C)c(OC)cc2C)c1. The van der Waals surface area contributed by atoms with Crippen LogP contribution in [0.4, 0.5) is 5.69 Å². The Kier molecular flexibility index (Phi) is 4.05. The van der Waals surface area contributed by atoms with Crippen molar-refractivity contribution in [1.29, 1.82) is 0 Å². The lowest BCUT2D eigenvalue weighted by Crippen LogP contribution is -1.98. The number of hydrogen-bond donors (Lipinski definition) is 1. The average Bonchev–Trinajstić information content (AvgIpc) is 2.41. The third-order valence-corrected chi connectivity index (χ3v) is 3.16. The maximum atomic E-state index is 5.35. The van der Waals surface area contributed by atoms with Crippen LogP contribution < -0.4 is 10.1 Å². The molecule has 0 bridgehead atoms. The highest BCUT2D eigenvalue weighted by atomic mass is 16.5. The minimum absolute atomic E-state index is 0.907. The molecule has 0 fully saturated rings. The van der Waals surface area contributed by atoms with E-state index in [-0.39, 0.29) is 0 Å². The molecule has 0 radical (unpaired) electrons. The lowest BCUT2D eigenvalue weighted by molar-refractivity contribution is 0.411. The Labute approximate surface area is 114 Å². The Balaban J connectivity index is 2.46. The molecule has 1 heterocycles. The summed E-state index contributed by atoms with van der Waals surface area (Å²) < 4.78 is 5.35. The molecule has 0 aliphatic carbocycles. The van der Waals surface area contributed by atoms with E-state index in [1.807, 2.05) is 12.3 Å². The van der Waals surface area contributed by atoms with Crippen LogP contribution in [0.2, 0.25) is 0 Å². The van der Waals surface area contributed by atoms with Crippen LogP contribution in [-0.4, -0.2) is 18.6 Å². The summed E-state index contributed by atoms with van der Waals surface area (Å²) in [6.07, 6.45) is 1.84. The molecule has 0 spiro atoms. The number of aromatic nitrogens is 1. The molecule has 19 heavy (non-hydrogen) atoms. The first-order valence-electron chi connectivity index (χ1n) is 6.51. The van der Waals surface area contributed by atoms with Gasteiger partial charge < -0.3 is 10.1 Å². The van der Waals surface area contributed by atoms with Gasteiger partial charge in [0.05, 0.1) is 12.8 Å². The largest absolute Gasteiger partial charge is 0.496 e. The summed E-state index contributed by atoms with van der Waals surface area (Å²) >= 11 is 0. The Morgan fingerprint density at radius 3 is 2.63 bits per heavy atom. The van der Waals surface area contributed by atoms with Crippen molar-refractivity contribution < 1.29 is 4.74 Å². The van der Waals surface area contributed by atoms with Crippen LogP contribution >= 0.6 is 0 Å². The molecule has 0 unspecified atom stereocenters. The van der Waals surface area contributed by atoms with Crippen molar-refractivity contribution in [1.82, 2.24) is 4.98 Å². The molecule has 1 aromatic heterocycles. The van der Waals surface area contributed by atoms with Crippen molar-refractivity contribution >= 4 is 5.69 Å². The third-order valence-electron chi connectivity index (χ3n) is 3.16. The molecule has 0 amide bonds. The fourth-order valence-corrected chi connectivity index (χ4v) is 2.18. The molecule has 0 atom stereocenters. The summed E-state index contributed by atoms with van der Waals surface area (Å²) in [6, 6.07) is 8.26. The summed E-state index contributed by atoms with van der Waals surface area (Å²) in [5.74, 6) is 0.920. The molecule has 0 saturated carbocycles. The lowest BCUT2D eigenvalue weighted by atomic mass is 10.0. The first-order chi connectivity index (χ1) is 9.15. The zero-order chi connectivity index (χ0) is 13.8. The van der Waals surface area contributed by atoms with Crippen LogP contribution in [0.3, 0.4) is 0 Å². The van der Waals surface area contributed by atoms with E-state index in [1.54, 1.807) is 7.11 Å². The van der Waals surface area contributed by atoms with Gasteiger partial charge >= 0.3 is 0 Å². The maximum Gasteiger partial charge on any atom is 0.122 e. The highest BCUT2D eigenvalue weighted by Gasteiger charge is 2.08. The lowest BCUT2D eigenvalue weighted by Gasteiger charge is -2.12. The normalized spacial score (nSPS) is 10.3. The van der Waals surface area contributed by atoms with Gasteiger partial charge in [-0.2, -0.15) is 0 Å². The molecule has 1 aromatic carbocycles. The number of methoxy groups -OCH3 is 1. The van der Waals surface area contributed by atoms with Crippen molar-refractivity contribution in [3.8, 4) is 17.0 Å². The molecule has 3 heteroatoms. The molecule has 2 aromatic rings. The zero-order valence-corrected chi connectivity index (χ0v) is 11.9. The number of rotatable bonds is 4. The number of anilines is 1. The minimum Gasteiger partial charge on any atom is -0.496 e. The van der Waals surface area contributed by atoms with Gasteiger partial charge in [0, 0.05) is 24.0 Å². The van der Waals surface area contributed by atoms with Crippen molar-refractivity contribution in [2.24, 2.45) is 0 Å². The number of nitrogens with zero attached hydrogens (tertiary/aromatic N) is 1. The first kappa shape index (κ1) is 13.4. The third kappa shape index (κ3) is 2.87. The summed E-state index contributed by atoms with van der Waals surface area (Å²) in [7, 11) is 1.70. The Bertz CT molecular complexity index is 579. The maximum absolute atomic E-state index is 5.35. The van der Waals surface area contributed by atoms with Gasteiger partial charge in [0.15, 0.2) is 0 Å². The standard InChI is InChI=1S/C16H20N2O/c1-5-17-13-6-7-18-15(10-13)14-8-12(3)16(19-4)9-11(14)2/h6-10H,5H2,1-4H3,(H,17,18). The minimum atomic E-state index is 0.907. The van der Waals surface area contributed by atoms with Gasteiger partial charge in [-0.3, -0.25) is 4.98 Å². The molecular formula is C16H20N2O. The second kappa shape index (κ2) is 5.74. The molecule has 100 valence electrons. The van der Waals surface area contributed by atoms with Gasteiger partial charge in [0.25, 0.3) is 0 Å². The molecule has 0 aliphatic rings. The van der Waals surface area contributed by atoms with Gasteiger partial charge in [-0.25, -0.2) is 0 Å². The van der Waals surface area contributed by atoms with Crippen molar-refractivity contribution in [3.63, 3.8) is 0 Å². The molecule has 1 N–H and O–H groups in total. The van der Waals surface area contributed by atoms with Gasteiger partial charge in [-0.05, 0) is 56.2 Å². The summed E-state index contributed by atoms with van der Waals surface area (Å²) in [5.41, 5.74) is 5.53. The van der Waals surface area contributed by atoms with E-state index in [4.69, 9.17) is 4.74 Å². The van der Waals surface area contributed by atoms with E-state index in [1.165, 1.54) is 5.56 Å². The van der Waals surface area contributed by atoms with E-state index in [0.29, 0.717) is 0 Å².